The van der Waals surface area contributed by atoms with Gasteiger partial charge < -0.3 is 5.11 Å². The Morgan fingerprint density at radius 1 is 1.47 bits per heavy atom. The van der Waals surface area contributed by atoms with E-state index in [1.165, 1.54) is 18.2 Å². The Balaban J connectivity index is 2.89. The predicted molar refractivity (Wildman–Crippen MR) is 84.3 cm³/mol. The largest absolute Gasteiger partial charge is 0.478 e. The van der Waals surface area contributed by atoms with E-state index < -0.39 is 16.0 Å². The molecule has 19 heavy (non-hydrogen) atoms. The van der Waals surface area contributed by atoms with Crippen molar-refractivity contribution in [2.75, 3.05) is 18.6 Å². The number of hydrogen-bond acceptors (Lipinski definition) is 4. The molecule has 1 aromatic carbocycles. The number of rotatable bonds is 7. The van der Waals surface area contributed by atoms with Gasteiger partial charge in [0.15, 0.2) is 0 Å². The van der Waals surface area contributed by atoms with Crippen molar-refractivity contribution in [2.24, 2.45) is 0 Å². The van der Waals surface area contributed by atoms with Crippen LogP contribution in [0.4, 0.5) is 0 Å². The molecule has 0 saturated carbocycles. The van der Waals surface area contributed by atoms with Crippen LogP contribution in [0.2, 0.25) is 0 Å². The predicted octanol–water partition coefficient (Wildman–Crippen LogP) is 2.02. The molecule has 8 heteroatoms. The highest BCUT2D eigenvalue weighted by molar-refractivity contribution is 14.1. The lowest BCUT2D eigenvalue weighted by atomic mass is 10.2. The molecule has 0 amide bonds. The van der Waals surface area contributed by atoms with E-state index in [0.717, 1.165) is 12.2 Å². The SMILES string of the molecule is CSCCCNS(=O)(=O)c1ccc(I)c(C(=O)O)c1. The van der Waals surface area contributed by atoms with Gasteiger partial charge in [-0.25, -0.2) is 17.9 Å². The van der Waals surface area contributed by atoms with Crippen LogP contribution < -0.4 is 4.72 Å². The molecule has 0 atom stereocenters. The second kappa shape index (κ2) is 7.46. The minimum Gasteiger partial charge on any atom is -0.478 e. The monoisotopic (exact) mass is 415 g/mol. The molecule has 0 spiro atoms. The molecule has 106 valence electrons. The number of aromatic carboxylic acids is 1. The second-order valence-electron chi connectivity index (χ2n) is 3.69. The van der Waals surface area contributed by atoms with E-state index in [2.05, 4.69) is 4.72 Å². The zero-order valence-electron chi connectivity index (χ0n) is 10.2. The number of benzene rings is 1. The van der Waals surface area contributed by atoms with Crippen molar-refractivity contribution in [3.63, 3.8) is 0 Å². The quantitative estimate of drug-likeness (QED) is 0.526. The Morgan fingerprint density at radius 2 is 2.16 bits per heavy atom. The highest BCUT2D eigenvalue weighted by Crippen LogP contribution is 2.18. The highest BCUT2D eigenvalue weighted by atomic mass is 127. The summed E-state index contributed by atoms with van der Waals surface area (Å²) < 4.78 is 26.9. The van der Waals surface area contributed by atoms with E-state index in [0.29, 0.717) is 10.1 Å². The Kier molecular flexibility index (Phi) is 6.57. The number of sulfonamides is 1. The Labute approximate surface area is 130 Å². The molecule has 1 aromatic rings. The lowest BCUT2D eigenvalue weighted by molar-refractivity contribution is 0.0695. The van der Waals surface area contributed by atoms with E-state index in [1.54, 1.807) is 11.8 Å². The minimum atomic E-state index is -3.64. The van der Waals surface area contributed by atoms with Crippen molar-refractivity contribution in [1.82, 2.24) is 4.72 Å². The van der Waals surface area contributed by atoms with Crippen molar-refractivity contribution >= 4 is 50.3 Å². The zero-order chi connectivity index (χ0) is 14.5. The lowest BCUT2D eigenvalue weighted by Crippen LogP contribution is -2.25. The lowest BCUT2D eigenvalue weighted by Gasteiger charge is -2.08. The minimum absolute atomic E-state index is 0.00686. The topological polar surface area (TPSA) is 83.5 Å². The average Bonchev–Trinajstić information content (AvgIpc) is 2.34. The van der Waals surface area contributed by atoms with Crippen LogP contribution >= 0.6 is 34.4 Å². The van der Waals surface area contributed by atoms with Crippen molar-refractivity contribution in [2.45, 2.75) is 11.3 Å². The van der Waals surface area contributed by atoms with E-state index in [1.807, 2.05) is 28.8 Å². The van der Waals surface area contributed by atoms with Crippen molar-refractivity contribution in [3.8, 4) is 0 Å². The van der Waals surface area contributed by atoms with Crippen LogP contribution in [-0.4, -0.2) is 38.0 Å². The molecule has 0 heterocycles. The average molecular weight is 415 g/mol. The first-order valence-corrected chi connectivity index (χ1v) is 9.35. The van der Waals surface area contributed by atoms with Crippen molar-refractivity contribution in [3.05, 3.63) is 27.3 Å². The molecule has 0 aliphatic heterocycles. The van der Waals surface area contributed by atoms with Gasteiger partial charge in [0.05, 0.1) is 10.5 Å². The molecule has 0 aromatic heterocycles. The van der Waals surface area contributed by atoms with Crippen LogP contribution in [0.3, 0.4) is 0 Å². The summed E-state index contributed by atoms with van der Waals surface area (Å²) in [4.78, 5) is 11.0. The maximum atomic E-state index is 12.0. The van der Waals surface area contributed by atoms with Gasteiger partial charge in [0.1, 0.15) is 0 Å². The van der Waals surface area contributed by atoms with Gasteiger partial charge in [0, 0.05) is 10.1 Å². The van der Waals surface area contributed by atoms with Gasteiger partial charge in [-0.3, -0.25) is 0 Å². The van der Waals surface area contributed by atoms with E-state index in [4.69, 9.17) is 5.11 Å². The maximum absolute atomic E-state index is 12.0. The number of hydrogen-bond donors (Lipinski definition) is 2. The maximum Gasteiger partial charge on any atom is 0.336 e. The summed E-state index contributed by atoms with van der Waals surface area (Å²) in [7, 11) is -3.64. The molecule has 0 radical (unpaired) electrons. The van der Waals surface area contributed by atoms with Gasteiger partial charge in [-0.05, 0) is 59.2 Å². The highest BCUT2D eigenvalue weighted by Gasteiger charge is 2.17. The van der Waals surface area contributed by atoms with E-state index in [9.17, 15) is 13.2 Å². The summed E-state index contributed by atoms with van der Waals surface area (Å²) in [6, 6.07) is 4.08. The molecule has 0 fully saturated rings. The van der Waals surface area contributed by atoms with Crippen LogP contribution in [-0.2, 0) is 10.0 Å². The number of carboxylic acids is 1. The standard InChI is InChI=1S/C11H14INO4S2/c1-18-6-2-5-13-19(16,17)8-3-4-10(12)9(7-8)11(14)15/h3-4,7,13H,2,5-6H2,1H3,(H,14,15). The summed E-state index contributed by atoms with van der Waals surface area (Å²) in [6.07, 6.45) is 2.68. The molecule has 1 rings (SSSR count). The van der Waals surface area contributed by atoms with Gasteiger partial charge >= 0.3 is 5.97 Å². The molecule has 0 unspecified atom stereocenters. The van der Waals surface area contributed by atoms with Crippen LogP contribution in [0.5, 0.6) is 0 Å². The number of carboxylic acid groups (broad SMARTS) is 1. The molecular weight excluding hydrogens is 401 g/mol. The fraction of sp³-hybridized carbons (Fsp3) is 0.364. The second-order valence-corrected chi connectivity index (χ2v) is 7.61. The van der Waals surface area contributed by atoms with Crippen LogP contribution in [0.25, 0.3) is 0 Å². The summed E-state index contributed by atoms with van der Waals surface area (Å²) in [5, 5.41) is 8.98. The first-order valence-electron chi connectivity index (χ1n) is 5.40. The van der Waals surface area contributed by atoms with Gasteiger partial charge in [-0.2, -0.15) is 11.8 Å². The summed E-state index contributed by atoms with van der Waals surface area (Å²) in [5.41, 5.74) is -0.00686. The molecule has 2 N–H and O–H groups in total. The van der Waals surface area contributed by atoms with E-state index >= 15 is 0 Å². The number of halogens is 1. The smallest absolute Gasteiger partial charge is 0.336 e. The van der Waals surface area contributed by atoms with Crippen LogP contribution in [0.1, 0.15) is 16.8 Å². The third kappa shape index (κ3) is 4.93. The Bertz CT molecular complexity index is 560. The Hall–Kier alpha value is -0.320. The first kappa shape index (κ1) is 16.7. The van der Waals surface area contributed by atoms with Gasteiger partial charge in [-0.15, -0.1) is 0 Å². The summed E-state index contributed by atoms with van der Waals surface area (Å²) >= 11 is 3.50. The van der Waals surface area contributed by atoms with Gasteiger partial charge in [0.25, 0.3) is 0 Å². The zero-order valence-corrected chi connectivity index (χ0v) is 14.0. The summed E-state index contributed by atoms with van der Waals surface area (Å²) in [6.45, 7) is 0.345. The Morgan fingerprint density at radius 3 is 2.74 bits per heavy atom. The van der Waals surface area contributed by atoms with Crippen LogP contribution in [0.15, 0.2) is 23.1 Å². The fourth-order valence-corrected chi connectivity index (χ4v) is 3.44. The summed E-state index contributed by atoms with van der Waals surface area (Å²) in [5.74, 6) is -0.265. The molecule has 0 bridgehead atoms. The molecular formula is C11H14INO4S2. The molecule has 0 saturated heterocycles. The number of carbonyl (C=O) groups is 1. The van der Waals surface area contributed by atoms with Crippen molar-refractivity contribution in [1.29, 1.82) is 0 Å². The third-order valence-electron chi connectivity index (χ3n) is 2.30. The molecule has 0 aliphatic carbocycles. The molecule has 5 nitrogen and oxygen atoms in total. The third-order valence-corrected chi connectivity index (χ3v) is 5.39. The first-order chi connectivity index (χ1) is 8.88. The fourth-order valence-electron chi connectivity index (χ4n) is 1.34. The van der Waals surface area contributed by atoms with Gasteiger partial charge in [0.2, 0.25) is 10.0 Å². The van der Waals surface area contributed by atoms with Gasteiger partial charge in [-0.1, -0.05) is 0 Å². The van der Waals surface area contributed by atoms with Crippen molar-refractivity contribution < 1.29 is 18.3 Å². The molecule has 0 aliphatic rings. The number of nitrogens with one attached hydrogen (secondary N) is 1. The van der Waals surface area contributed by atoms with Crippen LogP contribution in [0, 0.1) is 3.57 Å². The van der Waals surface area contributed by atoms with E-state index in [-0.39, 0.29) is 10.5 Å². The number of thioether (sulfide) groups is 1. The normalized spacial score (nSPS) is 11.5.